The molecule has 0 saturated carbocycles. The number of hydrogen-bond acceptors (Lipinski definition) is 2. The highest BCUT2D eigenvalue weighted by atomic mass is 16.2. The summed E-state index contributed by atoms with van der Waals surface area (Å²) < 4.78 is 0. The number of carbonyl (C=O) groups excluding carboxylic acids is 2. The van der Waals surface area contributed by atoms with Gasteiger partial charge in [0.25, 0.3) is 0 Å². The van der Waals surface area contributed by atoms with Gasteiger partial charge < -0.3 is 16.4 Å². The molecule has 3 amide bonds. The summed E-state index contributed by atoms with van der Waals surface area (Å²) in [5.74, 6) is -0.578. The Kier molecular flexibility index (Phi) is 5.84. The smallest absolute Gasteiger partial charge is 0.319 e. The van der Waals surface area contributed by atoms with Crippen molar-refractivity contribution in [3.8, 4) is 11.1 Å². The van der Waals surface area contributed by atoms with Crippen LogP contribution in [0.5, 0.6) is 0 Å². The lowest BCUT2D eigenvalue weighted by molar-refractivity contribution is -0.119. The number of anilines is 1. The number of rotatable bonds is 6. The second-order valence-electron chi connectivity index (χ2n) is 6.15. The fraction of sp³-hybridized carbons (Fsp3) is 0.0909. The van der Waals surface area contributed by atoms with Crippen LogP contribution in [0.15, 0.2) is 84.9 Å². The highest BCUT2D eigenvalue weighted by molar-refractivity contribution is 5.96. The normalized spacial score (nSPS) is 11.4. The van der Waals surface area contributed by atoms with E-state index in [1.165, 1.54) is 0 Å². The molecule has 0 radical (unpaired) electrons. The molecule has 3 aromatic carbocycles. The van der Waals surface area contributed by atoms with Crippen molar-refractivity contribution >= 4 is 17.6 Å². The predicted octanol–water partition coefficient (Wildman–Crippen LogP) is 3.57. The van der Waals surface area contributed by atoms with Crippen LogP contribution in [0.2, 0.25) is 0 Å². The summed E-state index contributed by atoms with van der Waals surface area (Å²) in [4.78, 5) is 24.2. The van der Waals surface area contributed by atoms with Gasteiger partial charge in [-0.2, -0.15) is 0 Å². The highest BCUT2D eigenvalue weighted by Crippen LogP contribution is 2.27. The van der Waals surface area contributed by atoms with Gasteiger partial charge >= 0.3 is 6.03 Å². The number of benzene rings is 3. The highest BCUT2D eigenvalue weighted by Gasteiger charge is 2.19. The third kappa shape index (κ3) is 4.95. The summed E-state index contributed by atoms with van der Waals surface area (Å²) in [6, 6.07) is 25.4. The van der Waals surface area contributed by atoms with Crippen molar-refractivity contribution in [1.82, 2.24) is 5.32 Å². The maximum absolute atomic E-state index is 12.5. The van der Waals surface area contributed by atoms with Crippen LogP contribution in [0.25, 0.3) is 11.1 Å². The first-order valence-corrected chi connectivity index (χ1v) is 8.68. The van der Waals surface area contributed by atoms with Crippen molar-refractivity contribution in [1.29, 1.82) is 0 Å². The molecular formula is C22H21N3O2. The number of nitrogens with one attached hydrogen (secondary N) is 2. The van der Waals surface area contributed by atoms with Gasteiger partial charge in [-0.1, -0.05) is 78.9 Å². The third-order valence-electron chi connectivity index (χ3n) is 4.19. The van der Waals surface area contributed by atoms with Gasteiger partial charge in [-0.05, 0) is 17.2 Å². The van der Waals surface area contributed by atoms with Gasteiger partial charge in [0.1, 0.15) is 6.04 Å². The lowest BCUT2D eigenvalue weighted by atomic mass is 10.0. The summed E-state index contributed by atoms with van der Waals surface area (Å²) in [6.07, 6.45) is 0.337. The standard InChI is InChI=1S/C22H21N3O2/c23-21(26)20(15-16-9-3-1-4-10-16)25-22(27)24-19-14-8-7-13-18(19)17-11-5-2-6-12-17/h1-14,20H,15H2,(H2,23,26)(H2,24,25,27). The number of urea groups is 1. The van der Waals surface area contributed by atoms with Gasteiger partial charge in [0, 0.05) is 12.0 Å². The van der Waals surface area contributed by atoms with Crippen molar-refractivity contribution < 1.29 is 9.59 Å². The first-order valence-electron chi connectivity index (χ1n) is 8.68. The van der Waals surface area contributed by atoms with Crippen LogP contribution in [0, 0.1) is 0 Å². The summed E-state index contributed by atoms with van der Waals surface area (Å²) in [6.45, 7) is 0. The van der Waals surface area contributed by atoms with E-state index in [9.17, 15) is 9.59 Å². The lowest BCUT2D eigenvalue weighted by Crippen LogP contribution is -2.47. The van der Waals surface area contributed by atoms with Crippen molar-refractivity contribution in [2.24, 2.45) is 5.73 Å². The zero-order valence-electron chi connectivity index (χ0n) is 14.8. The van der Waals surface area contributed by atoms with Gasteiger partial charge in [0.15, 0.2) is 0 Å². The van der Waals surface area contributed by atoms with Crippen LogP contribution in [-0.4, -0.2) is 18.0 Å². The fourth-order valence-electron chi connectivity index (χ4n) is 2.85. The van der Waals surface area contributed by atoms with E-state index in [1.807, 2.05) is 84.9 Å². The Labute approximate surface area is 158 Å². The molecule has 5 nitrogen and oxygen atoms in total. The Morgan fingerprint density at radius 3 is 2.07 bits per heavy atom. The minimum Gasteiger partial charge on any atom is -0.368 e. The summed E-state index contributed by atoms with van der Waals surface area (Å²) in [5.41, 5.74) is 8.93. The molecule has 0 aliphatic heterocycles. The number of carbonyl (C=O) groups is 2. The molecule has 3 aromatic rings. The first kappa shape index (κ1) is 18.2. The van der Waals surface area contributed by atoms with Crippen LogP contribution < -0.4 is 16.4 Å². The molecule has 0 aromatic heterocycles. The van der Waals surface area contributed by atoms with E-state index < -0.39 is 18.0 Å². The average Bonchev–Trinajstić information content (AvgIpc) is 2.69. The van der Waals surface area contributed by atoms with Crippen molar-refractivity contribution in [3.63, 3.8) is 0 Å². The number of para-hydroxylation sites is 1. The molecule has 0 fully saturated rings. The summed E-state index contributed by atoms with van der Waals surface area (Å²) in [5, 5.41) is 5.49. The molecular weight excluding hydrogens is 338 g/mol. The van der Waals surface area contributed by atoms with Gasteiger partial charge in [-0.15, -0.1) is 0 Å². The SMILES string of the molecule is NC(=O)C(Cc1ccccc1)NC(=O)Nc1ccccc1-c1ccccc1. The molecule has 4 N–H and O–H groups in total. The first-order chi connectivity index (χ1) is 13.1. The molecule has 3 rings (SSSR count). The van der Waals surface area contributed by atoms with E-state index in [0.29, 0.717) is 12.1 Å². The largest absolute Gasteiger partial charge is 0.368 e. The van der Waals surface area contributed by atoms with Crippen LogP contribution >= 0.6 is 0 Å². The van der Waals surface area contributed by atoms with E-state index in [4.69, 9.17) is 5.73 Å². The molecule has 0 heterocycles. The van der Waals surface area contributed by atoms with Crippen LogP contribution in [0.3, 0.4) is 0 Å². The molecule has 136 valence electrons. The molecule has 1 unspecified atom stereocenters. The van der Waals surface area contributed by atoms with E-state index in [2.05, 4.69) is 10.6 Å². The third-order valence-corrected chi connectivity index (χ3v) is 4.19. The molecule has 0 spiro atoms. The number of nitrogens with two attached hydrogens (primary N) is 1. The molecule has 0 bridgehead atoms. The van der Waals surface area contributed by atoms with Gasteiger partial charge in [-0.3, -0.25) is 4.79 Å². The minimum atomic E-state index is -0.795. The second kappa shape index (κ2) is 8.67. The van der Waals surface area contributed by atoms with Crippen LogP contribution in [0.1, 0.15) is 5.56 Å². The topological polar surface area (TPSA) is 84.2 Å². The average molecular weight is 359 g/mol. The summed E-state index contributed by atoms with van der Waals surface area (Å²) in [7, 11) is 0. The second-order valence-corrected chi connectivity index (χ2v) is 6.15. The Morgan fingerprint density at radius 1 is 0.815 bits per heavy atom. The van der Waals surface area contributed by atoms with Crippen molar-refractivity contribution in [2.75, 3.05) is 5.32 Å². The number of primary amides is 1. The van der Waals surface area contributed by atoms with Gasteiger partial charge in [0.2, 0.25) is 5.91 Å². The zero-order chi connectivity index (χ0) is 19.1. The Bertz CT molecular complexity index is 911. The molecule has 1 atom stereocenters. The van der Waals surface area contributed by atoms with Gasteiger partial charge in [0.05, 0.1) is 5.69 Å². The molecule has 0 aliphatic carbocycles. The minimum absolute atomic E-state index is 0.337. The predicted molar refractivity (Wildman–Crippen MR) is 107 cm³/mol. The Hall–Kier alpha value is -3.60. The monoisotopic (exact) mass is 359 g/mol. The van der Waals surface area contributed by atoms with Gasteiger partial charge in [-0.25, -0.2) is 4.79 Å². The van der Waals surface area contributed by atoms with Crippen molar-refractivity contribution in [2.45, 2.75) is 12.5 Å². The maximum Gasteiger partial charge on any atom is 0.319 e. The van der Waals surface area contributed by atoms with E-state index in [1.54, 1.807) is 0 Å². The zero-order valence-corrected chi connectivity index (χ0v) is 14.8. The van der Waals surface area contributed by atoms with E-state index in [0.717, 1.165) is 16.7 Å². The maximum atomic E-state index is 12.5. The lowest BCUT2D eigenvalue weighted by Gasteiger charge is -2.17. The molecule has 27 heavy (non-hydrogen) atoms. The number of amides is 3. The molecule has 5 heteroatoms. The Morgan fingerprint density at radius 2 is 1.41 bits per heavy atom. The van der Waals surface area contributed by atoms with Crippen molar-refractivity contribution in [3.05, 3.63) is 90.5 Å². The quantitative estimate of drug-likeness (QED) is 0.628. The molecule has 0 saturated heterocycles. The van der Waals surface area contributed by atoms with Crippen LogP contribution in [0.4, 0.5) is 10.5 Å². The Balaban J connectivity index is 1.72. The summed E-state index contributed by atoms with van der Waals surface area (Å²) >= 11 is 0. The van der Waals surface area contributed by atoms with Crippen LogP contribution in [-0.2, 0) is 11.2 Å². The van der Waals surface area contributed by atoms with E-state index in [-0.39, 0.29) is 0 Å². The number of hydrogen-bond donors (Lipinski definition) is 3. The van der Waals surface area contributed by atoms with E-state index >= 15 is 0 Å². The molecule has 0 aliphatic rings. The fourth-order valence-corrected chi connectivity index (χ4v) is 2.85.